The molecule has 32 heavy (non-hydrogen) atoms. The molecule has 1 aromatic carbocycles. The Morgan fingerprint density at radius 3 is 2.53 bits per heavy atom. The number of halogens is 3. The first-order valence-corrected chi connectivity index (χ1v) is 9.67. The largest absolute Gasteiger partial charge is 0.546 e. The van der Waals surface area contributed by atoms with E-state index in [0.29, 0.717) is 15.9 Å². The molecule has 2 rings (SSSR count). The van der Waals surface area contributed by atoms with Gasteiger partial charge in [-0.05, 0) is 38.0 Å². The maximum absolute atomic E-state index is 12.4. The number of carbonyl (C=O) groups is 1. The molecule has 0 saturated carbocycles. The van der Waals surface area contributed by atoms with Gasteiger partial charge in [0, 0.05) is 26.4 Å². The monoisotopic (exact) mass is 458 g/mol. The van der Waals surface area contributed by atoms with Crippen LogP contribution in [0.5, 0.6) is 11.6 Å². The van der Waals surface area contributed by atoms with Gasteiger partial charge in [-0.3, -0.25) is 9.36 Å². The molecule has 0 saturated heterocycles. The number of hydrogen-bond donors (Lipinski definition) is 0. The lowest BCUT2D eigenvalue weighted by Crippen LogP contribution is -2.47. The maximum atomic E-state index is 12.4. The topological polar surface area (TPSA) is 115 Å². The highest BCUT2D eigenvalue weighted by atomic mass is 19.4. The third-order valence-corrected chi connectivity index (χ3v) is 4.41. The summed E-state index contributed by atoms with van der Waals surface area (Å²) in [4.78, 5) is 35.6. The molecule has 9 nitrogen and oxygen atoms in total. The number of alkyl halides is 3. The second kappa shape index (κ2) is 9.88. The second-order valence-corrected chi connectivity index (χ2v) is 7.53. The van der Waals surface area contributed by atoms with E-state index >= 15 is 0 Å². The summed E-state index contributed by atoms with van der Waals surface area (Å²) in [7, 11) is 1.26. The van der Waals surface area contributed by atoms with Crippen molar-refractivity contribution in [3.63, 3.8) is 0 Å². The average molecular weight is 458 g/mol. The van der Waals surface area contributed by atoms with Crippen LogP contribution in [0.3, 0.4) is 0 Å². The molecular weight excluding hydrogens is 435 g/mol. The van der Waals surface area contributed by atoms with Crippen molar-refractivity contribution in [1.29, 1.82) is 0 Å². The summed E-state index contributed by atoms with van der Waals surface area (Å²) >= 11 is 0. The van der Waals surface area contributed by atoms with Crippen LogP contribution in [-0.4, -0.2) is 38.7 Å². The Morgan fingerprint density at radius 2 is 1.91 bits per heavy atom. The second-order valence-electron chi connectivity index (χ2n) is 7.53. The number of aryl methyl sites for hydroxylation is 1. The summed E-state index contributed by atoms with van der Waals surface area (Å²) in [6, 6.07) is 6.54. The zero-order valence-electron chi connectivity index (χ0n) is 17.8. The quantitative estimate of drug-likeness (QED) is 0.518. The summed E-state index contributed by atoms with van der Waals surface area (Å²) in [5.41, 5.74) is -2.59. The van der Waals surface area contributed by atoms with Crippen LogP contribution >= 0.6 is 0 Å². The Balaban J connectivity index is 2.07. The Kier molecular flexibility index (Phi) is 7.70. The van der Waals surface area contributed by atoms with Gasteiger partial charge >= 0.3 is 17.4 Å². The normalized spacial score (nSPS) is 11.9. The van der Waals surface area contributed by atoms with Crippen LogP contribution in [0.25, 0.3) is 0 Å². The number of ether oxygens (including phenoxy) is 2. The van der Waals surface area contributed by atoms with Crippen molar-refractivity contribution in [3.8, 4) is 11.6 Å². The van der Waals surface area contributed by atoms with Crippen molar-refractivity contribution < 1.29 is 32.5 Å². The molecule has 12 heteroatoms. The van der Waals surface area contributed by atoms with Crippen LogP contribution in [0.15, 0.2) is 33.9 Å². The number of aliphatic carboxylic acids is 1. The lowest BCUT2D eigenvalue weighted by Gasteiger charge is -2.27. The lowest BCUT2D eigenvalue weighted by atomic mass is 10.1. The van der Waals surface area contributed by atoms with Crippen molar-refractivity contribution in [2.45, 2.75) is 51.4 Å². The van der Waals surface area contributed by atoms with Gasteiger partial charge in [-0.15, -0.1) is 5.10 Å². The number of carbonyl (C=O) groups excluding carboxylic acids is 1. The van der Waals surface area contributed by atoms with E-state index in [1.807, 2.05) is 0 Å². The average Bonchev–Trinajstić information content (AvgIpc) is 2.67. The Labute approximate surface area is 181 Å². The van der Waals surface area contributed by atoms with Crippen LogP contribution in [0.1, 0.15) is 32.3 Å². The minimum Gasteiger partial charge on any atom is -0.546 e. The highest BCUT2D eigenvalue weighted by Gasteiger charge is 2.26. The Hall–Kier alpha value is -3.31. The minimum atomic E-state index is -4.39. The molecule has 0 unspecified atom stereocenters. The first kappa shape index (κ1) is 25.0. The highest BCUT2D eigenvalue weighted by Crippen LogP contribution is 2.21. The molecule has 0 atom stereocenters. The third kappa shape index (κ3) is 6.86. The lowest BCUT2D eigenvalue weighted by molar-refractivity contribution is -0.320. The third-order valence-electron chi connectivity index (χ3n) is 4.41. The molecular formula is C20H23F3N3O6-. The number of rotatable bonds is 10. The zero-order valence-corrected chi connectivity index (χ0v) is 17.8. The van der Waals surface area contributed by atoms with Crippen LogP contribution in [0.4, 0.5) is 13.2 Å². The van der Waals surface area contributed by atoms with Gasteiger partial charge in [0.1, 0.15) is 11.4 Å². The molecule has 176 valence electrons. The highest BCUT2D eigenvalue weighted by molar-refractivity contribution is 5.74. The van der Waals surface area contributed by atoms with E-state index in [1.54, 1.807) is 24.3 Å². The molecule has 0 radical (unpaired) electrons. The van der Waals surface area contributed by atoms with E-state index in [2.05, 4.69) is 5.10 Å². The van der Waals surface area contributed by atoms with E-state index in [9.17, 15) is 32.7 Å². The van der Waals surface area contributed by atoms with Gasteiger partial charge in [-0.1, -0.05) is 12.1 Å². The zero-order chi connectivity index (χ0) is 24.1. The molecule has 0 aliphatic rings. The summed E-state index contributed by atoms with van der Waals surface area (Å²) < 4.78 is 49.3. The van der Waals surface area contributed by atoms with Crippen molar-refractivity contribution in [3.05, 3.63) is 50.7 Å². The SMILES string of the molecule is Cn1nc(OCCc2cccc(OC(C)(C)C(=O)[O-])c2)c(=O)n(CCCC(F)(F)F)c1=O. The van der Waals surface area contributed by atoms with E-state index in [-0.39, 0.29) is 13.0 Å². The number of hydrogen-bond acceptors (Lipinski definition) is 7. The Morgan fingerprint density at radius 1 is 1.22 bits per heavy atom. The fourth-order valence-corrected chi connectivity index (χ4v) is 2.69. The van der Waals surface area contributed by atoms with Crippen LogP contribution in [0.2, 0.25) is 0 Å². The molecule has 0 aliphatic heterocycles. The standard InChI is InChI=1S/C20H24F3N3O6/c1-19(2,17(28)29)32-14-7-4-6-13(12-14)8-11-31-15-16(27)26(18(30)25(3)24-15)10-5-9-20(21,22)23/h4,6-7,12H,5,8-11H2,1-3H3,(H,28,29)/p-1. The summed E-state index contributed by atoms with van der Waals surface area (Å²) in [5, 5.41) is 14.8. The van der Waals surface area contributed by atoms with Crippen molar-refractivity contribution in [2.24, 2.45) is 7.05 Å². The predicted molar refractivity (Wildman–Crippen MR) is 104 cm³/mol. The molecule has 1 heterocycles. The van der Waals surface area contributed by atoms with Gasteiger partial charge in [0.2, 0.25) is 0 Å². The molecule has 0 aliphatic carbocycles. The molecule has 0 bridgehead atoms. The first-order chi connectivity index (χ1) is 14.8. The van der Waals surface area contributed by atoms with Gasteiger partial charge in [-0.2, -0.15) is 13.2 Å². The predicted octanol–water partition coefficient (Wildman–Crippen LogP) is 0.813. The number of nitrogens with zero attached hydrogens (tertiary/aromatic N) is 3. The molecule has 0 N–H and O–H groups in total. The summed E-state index contributed by atoms with van der Waals surface area (Å²) in [5.74, 6) is -1.49. The van der Waals surface area contributed by atoms with Crippen molar-refractivity contribution in [2.75, 3.05) is 6.61 Å². The van der Waals surface area contributed by atoms with Gasteiger partial charge in [0.15, 0.2) is 0 Å². The van der Waals surface area contributed by atoms with Crippen LogP contribution in [-0.2, 0) is 24.8 Å². The molecule has 0 fully saturated rings. The summed E-state index contributed by atoms with van der Waals surface area (Å²) in [6.07, 6.45) is -5.68. The van der Waals surface area contributed by atoms with Crippen LogP contribution in [0, 0.1) is 0 Å². The van der Waals surface area contributed by atoms with Gasteiger partial charge in [-0.25, -0.2) is 9.48 Å². The number of benzene rings is 1. The van der Waals surface area contributed by atoms with E-state index < -0.39 is 54.3 Å². The number of aromatic nitrogens is 3. The molecule has 2 aromatic rings. The summed E-state index contributed by atoms with van der Waals surface area (Å²) in [6.45, 7) is 2.25. The Bertz CT molecular complexity index is 1080. The van der Waals surface area contributed by atoms with Crippen molar-refractivity contribution in [1.82, 2.24) is 14.3 Å². The fourth-order valence-electron chi connectivity index (χ4n) is 2.69. The fraction of sp³-hybridized carbons (Fsp3) is 0.500. The van der Waals surface area contributed by atoms with Gasteiger partial charge in [0.05, 0.1) is 12.6 Å². The number of carboxylic acid groups (broad SMARTS) is 1. The van der Waals surface area contributed by atoms with Gasteiger partial charge in [0.25, 0.3) is 5.88 Å². The van der Waals surface area contributed by atoms with E-state index in [0.717, 1.165) is 4.68 Å². The number of carboxylic acids is 1. The van der Waals surface area contributed by atoms with E-state index in [1.165, 1.54) is 20.9 Å². The van der Waals surface area contributed by atoms with Gasteiger partial charge < -0.3 is 19.4 Å². The van der Waals surface area contributed by atoms with Crippen molar-refractivity contribution >= 4 is 5.97 Å². The molecule has 0 spiro atoms. The van der Waals surface area contributed by atoms with Crippen LogP contribution < -0.4 is 25.8 Å². The molecule has 0 amide bonds. The van der Waals surface area contributed by atoms with E-state index in [4.69, 9.17) is 9.47 Å². The smallest absolute Gasteiger partial charge is 0.389 e. The molecule has 1 aromatic heterocycles. The maximum Gasteiger partial charge on any atom is 0.389 e. The first-order valence-electron chi connectivity index (χ1n) is 9.67. The minimum absolute atomic E-state index is 0.0314.